The molecule has 26 heavy (non-hydrogen) atoms. The Hall–Kier alpha value is -2.44. The molecule has 0 bridgehead atoms. The van der Waals surface area contributed by atoms with Crippen LogP contribution in [-0.4, -0.2) is 12.3 Å². The molecule has 0 aromatic heterocycles. The second-order valence-corrected chi connectivity index (χ2v) is 9.98. The van der Waals surface area contributed by atoms with Crippen LogP contribution in [0, 0.1) is 0 Å². The van der Waals surface area contributed by atoms with Gasteiger partial charge in [-0.1, -0.05) is 0 Å². The van der Waals surface area contributed by atoms with Crippen molar-refractivity contribution in [1.82, 2.24) is 0 Å². The summed E-state index contributed by atoms with van der Waals surface area (Å²) in [5.74, 6) is 0. The van der Waals surface area contributed by atoms with Crippen molar-refractivity contribution in [2.24, 2.45) is 0 Å². The van der Waals surface area contributed by atoms with Gasteiger partial charge in [-0.15, -0.1) is 0 Å². The molecule has 134 valence electrons. The molecule has 0 atom stereocenters. The van der Waals surface area contributed by atoms with E-state index in [0.717, 1.165) is 28.8 Å². The number of unbranched alkanes of at least 4 members (excludes halogenated alkanes) is 1. The first kappa shape index (κ1) is 18.4. The van der Waals surface area contributed by atoms with Crippen LogP contribution in [0.5, 0.6) is 0 Å². The van der Waals surface area contributed by atoms with Crippen molar-refractivity contribution in [2.45, 2.75) is 19.8 Å². The van der Waals surface area contributed by atoms with E-state index in [4.69, 9.17) is 4.74 Å². The molecule has 0 aliphatic heterocycles. The van der Waals surface area contributed by atoms with Crippen LogP contribution >= 0.6 is 7.26 Å². The standard InChI is InChI=1S/C23H25O2P/c1-2-3-19-25-23(24)26(20-13-7-4-8-14-20,21-15-9-5-10-16-21)22-17-11-6-12-18-22/h4-18,26H,2-3,19H2,1H3. The van der Waals surface area contributed by atoms with Crippen molar-refractivity contribution < 1.29 is 9.53 Å². The molecule has 3 heteroatoms. The number of rotatable bonds is 7. The molecule has 0 spiro atoms. The number of carbonyl (C=O) groups is 1. The number of benzene rings is 3. The quantitative estimate of drug-likeness (QED) is 0.451. The maximum atomic E-state index is 13.6. The van der Waals surface area contributed by atoms with Gasteiger partial charge >= 0.3 is 156 Å². The van der Waals surface area contributed by atoms with Crippen molar-refractivity contribution in [2.75, 3.05) is 6.61 Å². The fraction of sp³-hybridized carbons (Fsp3) is 0.174. The predicted octanol–water partition coefficient (Wildman–Crippen LogP) is 4.65. The molecule has 0 heterocycles. The van der Waals surface area contributed by atoms with Crippen LogP contribution in [0.1, 0.15) is 19.8 Å². The van der Waals surface area contributed by atoms with Gasteiger partial charge in [0.15, 0.2) is 0 Å². The van der Waals surface area contributed by atoms with Crippen LogP contribution < -0.4 is 15.9 Å². The van der Waals surface area contributed by atoms with E-state index in [9.17, 15) is 4.79 Å². The van der Waals surface area contributed by atoms with Gasteiger partial charge in [0.1, 0.15) is 0 Å². The van der Waals surface area contributed by atoms with Gasteiger partial charge in [0, 0.05) is 0 Å². The molecular weight excluding hydrogens is 339 g/mol. The van der Waals surface area contributed by atoms with E-state index >= 15 is 0 Å². The summed E-state index contributed by atoms with van der Waals surface area (Å²) in [5.41, 5.74) is -0.0884. The Morgan fingerprint density at radius 2 is 1.12 bits per heavy atom. The number of carbonyl (C=O) groups excluding carboxylic acids is 1. The number of hydrogen-bond donors (Lipinski definition) is 0. The summed E-state index contributed by atoms with van der Waals surface area (Å²) in [4.78, 5) is 13.6. The molecule has 2 nitrogen and oxygen atoms in total. The predicted molar refractivity (Wildman–Crippen MR) is 113 cm³/mol. The molecule has 0 radical (unpaired) electrons. The zero-order valence-electron chi connectivity index (χ0n) is 15.1. The summed E-state index contributed by atoms with van der Waals surface area (Å²) < 4.78 is 5.83. The fourth-order valence-electron chi connectivity index (χ4n) is 3.34. The monoisotopic (exact) mass is 364 g/mol. The average Bonchev–Trinajstić information content (AvgIpc) is 2.71. The van der Waals surface area contributed by atoms with E-state index < -0.39 is 7.26 Å². The summed E-state index contributed by atoms with van der Waals surface area (Å²) in [6.07, 6.45) is 1.89. The van der Waals surface area contributed by atoms with E-state index in [2.05, 4.69) is 43.3 Å². The second kappa shape index (κ2) is 8.78. The topological polar surface area (TPSA) is 26.3 Å². The molecule has 0 N–H and O–H groups in total. The molecule has 0 saturated carbocycles. The zero-order chi connectivity index (χ0) is 18.2. The average molecular weight is 364 g/mol. The molecule has 0 fully saturated rings. The fourth-order valence-corrected chi connectivity index (χ4v) is 7.44. The van der Waals surface area contributed by atoms with E-state index in [1.807, 2.05) is 54.6 Å². The third-order valence-corrected chi connectivity index (χ3v) is 9.01. The summed E-state index contributed by atoms with van der Waals surface area (Å²) in [6.45, 7) is 2.57. The van der Waals surface area contributed by atoms with Crippen molar-refractivity contribution in [3.05, 3.63) is 91.0 Å². The Bertz CT molecular complexity index is 720. The Kier molecular flexibility index (Phi) is 6.20. The van der Waals surface area contributed by atoms with E-state index in [1.54, 1.807) is 0 Å². The summed E-state index contributed by atoms with van der Waals surface area (Å²) in [7, 11) is -2.94. The van der Waals surface area contributed by atoms with Gasteiger partial charge in [0.05, 0.1) is 0 Å². The van der Waals surface area contributed by atoms with Crippen molar-refractivity contribution in [1.29, 1.82) is 0 Å². The van der Waals surface area contributed by atoms with Crippen LogP contribution in [0.15, 0.2) is 91.0 Å². The van der Waals surface area contributed by atoms with Crippen LogP contribution in [0.2, 0.25) is 0 Å². The van der Waals surface area contributed by atoms with Gasteiger partial charge in [-0.25, -0.2) is 0 Å². The van der Waals surface area contributed by atoms with Crippen LogP contribution in [0.4, 0.5) is 4.79 Å². The van der Waals surface area contributed by atoms with Crippen molar-refractivity contribution in [3.8, 4) is 0 Å². The third-order valence-electron chi connectivity index (χ3n) is 4.66. The van der Waals surface area contributed by atoms with Gasteiger partial charge < -0.3 is 0 Å². The SMILES string of the molecule is CCCCOC(=O)[PH](c1ccccc1)(c1ccccc1)c1ccccc1. The number of ether oxygens (including phenoxy) is 1. The molecule has 0 aliphatic carbocycles. The Morgan fingerprint density at radius 3 is 1.46 bits per heavy atom. The molecule has 3 aromatic rings. The van der Waals surface area contributed by atoms with E-state index in [-0.39, 0.29) is 5.71 Å². The minimum absolute atomic E-state index is 0.0884. The van der Waals surface area contributed by atoms with Crippen LogP contribution in [-0.2, 0) is 4.74 Å². The van der Waals surface area contributed by atoms with Crippen molar-refractivity contribution in [3.63, 3.8) is 0 Å². The van der Waals surface area contributed by atoms with E-state index in [0.29, 0.717) is 6.61 Å². The molecular formula is C23H25O2P. The molecule has 0 amide bonds. The zero-order valence-corrected chi connectivity index (χ0v) is 16.1. The summed E-state index contributed by atoms with van der Waals surface area (Å²) in [6, 6.07) is 30.4. The Balaban J connectivity index is 2.23. The molecule has 0 unspecified atom stereocenters. The van der Waals surface area contributed by atoms with Crippen LogP contribution in [0.3, 0.4) is 0 Å². The molecule has 0 aliphatic rings. The first-order valence-electron chi connectivity index (χ1n) is 9.14. The van der Waals surface area contributed by atoms with Gasteiger partial charge in [0.2, 0.25) is 0 Å². The van der Waals surface area contributed by atoms with Crippen molar-refractivity contribution >= 4 is 28.9 Å². The third kappa shape index (κ3) is 3.57. The van der Waals surface area contributed by atoms with E-state index in [1.165, 1.54) is 0 Å². The minimum atomic E-state index is -2.94. The second-order valence-electron chi connectivity index (χ2n) is 6.34. The Morgan fingerprint density at radius 1 is 0.731 bits per heavy atom. The van der Waals surface area contributed by atoms with Gasteiger partial charge in [-0.2, -0.15) is 0 Å². The Labute approximate surface area is 156 Å². The molecule has 3 aromatic carbocycles. The first-order valence-corrected chi connectivity index (χ1v) is 11.1. The summed E-state index contributed by atoms with van der Waals surface area (Å²) in [5, 5.41) is 3.16. The number of hydrogen-bond acceptors (Lipinski definition) is 2. The van der Waals surface area contributed by atoms with Gasteiger partial charge in [-0.05, 0) is 0 Å². The maximum absolute atomic E-state index is 13.6. The van der Waals surface area contributed by atoms with Crippen LogP contribution in [0.25, 0.3) is 0 Å². The van der Waals surface area contributed by atoms with Gasteiger partial charge in [-0.3, -0.25) is 0 Å². The molecule has 0 saturated heterocycles. The van der Waals surface area contributed by atoms with Gasteiger partial charge in [0.25, 0.3) is 0 Å². The molecule has 3 rings (SSSR count). The normalized spacial score (nSPS) is 11.7. The summed E-state index contributed by atoms with van der Waals surface area (Å²) >= 11 is 0. The first-order chi connectivity index (χ1) is 12.8.